The van der Waals surface area contributed by atoms with Gasteiger partial charge in [-0.2, -0.15) is 0 Å². The molecule has 19 heavy (non-hydrogen) atoms. The lowest BCUT2D eigenvalue weighted by atomic mass is 10.0. The van der Waals surface area contributed by atoms with Gasteiger partial charge >= 0.3 is 12.0 Å². The molecule has 2 amide bonds. The topological polar surface area (TPSA) is 60.9 Å². The second-order valence-electron chi connectivity index (χ2n) is 5.05. The normalized spacial score (nSPS) is 19.7. The second-order valence-corrected chi connectivity index (χ2v) is 5.05. The maximum atomic E-state index is 12.3. The number of anilines is 1. The van der Waals surface area contributed by atoms with Crippen molar-refractivity contribution in [3.8, 4) is 0 Å². The standard InChI is InChI=1S/C14H18N2O3/c1-9-5-4-6-10(2)12(9)16-8-11(13(17)18)7-15(3)14(16)19/h4-6,11H,7-8H2,1-3H3,(H,17,18). The molecule has 1 aromatic rings. The van der Waals surface area contributed by atoms with Crippen molar-refractivity contribution < 1.29 is 14.7 Å². The summed E-state index contributed by atoms with van der Waals surface area (Å²) in [5.74, 6) is -1.42. The quantitative estimate of drug-likeness (QED) is 0.885. The van der Waals surface area contributed by atoms with Crippen LogP contribution in [0.15, 0.2) is 18.2 Å². The summed E-state index contributed by atoms with van der Waals surface area (Å²) < 4.78 is 0. The Morgan fingerprint density at radius 2 is 1.84 bits per heavy atom. The van der Waals surface area contributed by atoms with E-state index in [0.717, 1.165) is 16.8 Å². The first kappa shape index (κ1) is 13.4. The molecule has 0 radical (unpaired) electrons. The summed E-state index contributed by atoms with van der Waals surface area (Å²) in [6.07, 6.45) is 0. The Bertz CT molecular complexity index is 507. The highest BCUT2D eigenvalue weighted by atomic mass is 16.4. The van der Waals surface area contributed by atoms with Gasteiger partial charge in [0.05, 0.1) is 11.6 Å². The van der Waals surface area contributed by atoms with Crippen molar-refractivity contribution in [2.45, 2.75) is 13.8 Å². The molecule has 1 aliphatic heterocycles. The van der Waals surface area contributed by atoms with Crippen molar-refractivity contribution in [1.29, 1.82) is 0 Å². The van der Waals surface area contributed by atoms with Crippen LogP contribution in [-0.4, -0.2) is 42.1 Å². The Morgan fingerprint density at radius 3 is 2.37 bits per heavy atom. The third kappa shape index (κ3) is 2.41. The van der Waals surface area contributed by atoms with Crippen LogP contribution >= 0.6 is 0 Å². The van der Waals surface area contributed by atoms with Gasteiger partial charge in [-0.3, -0.25) is 9.69 Å². The van der Waals surface area contributed by atoms with Gasteiger partial charge in [-0.25, -0.2) is 4.79 Å². The van der Waals surface area contributed by atoms with Gasteiger partial charge in [0.2, 0.25) is 0 Å². The Hall–Kier alpha value is -2.04. The Balaban J connectivity index is 2.41. The van der Waals surface area contributed by atoms with E-state index in [4.69, 9.17) is 0 Å². The summed E-state index contributed by atoms with van der Waals surface area (Å²) in [7, 11) is 1.64. The van der Waals surface area contributed by atoms with E-state index in [1.807, 2.05) is 32.0 Å². The first-order valence-electron chi connectivity index (χ1n) is 6.23. The van der Waals surface area contributed by atoms with Gasteiger partial charge in [-0.15, -0.1) is 0 Å². The molecule has 1 N–H and O–H groups in total. The summed E-state index contributed by atoms with van der Waals surface area (Å²) in [6.45, 7) is 4.35. The molecule has 102 valence electrons. The third-order valence-electron chi connectivity index (χ3n) is 3.51. The first-order valence-corrected chi connectivity index (χ1v) is 6.23. The van der Waals surface area contributed by atoms with Gasteiger partial charge in [0.1, 0.15) is 0 Å². The lowest BCUT2D eigenvalue weighted by Crippen LogP contribution is -2.54. The molecule has 1 fully saturated rings. The van der Waals surface area contributed by atoms with Gasteiger partial charge in [0, 0.05) is 20.1 Å². The van der Waals surface area contributed by atoms with Crippen molar-refractivity contribution in [2.24, 2.45) is 5.92 Å². The number of para-hydroxylation sites is 1. The molecule has 2 rings (SSSR count). The van der Waals surface area contributed by atoms with Gasteiger partial charge < -0.3 is 10.0 Å². The number of benzene rings is 1. The molecule has 0 saturated carbocycles. The predicted molar refractivity (Wildman–Crippen MR) is 72.4 cm³/mol. The number of carboxylic acid groups (broad SMARTS) is 1. The van der Waals surface area contributed by atoms with E-state index >= 15 is 0 Å². The number of urea groups is 1. The van der Waals surface area contributed by atoms with Crippen LogP contribution in [0.1, 0.15) is 11.1 Å². The number of hydrogen-bond donors (Lipinski definition) is 1. The zero-order valence-electron chi connectivity index (χ0n) is 11.4. The number of aryl methyl sites for hydroxylation is 2. The summed E-state index contributed by atoms with van der Waals surface area (Å²) in [5.41, 5.74) is 2.78. The molecular weight excluding hydrogens is 244 g/mol. The molecule has 0 aliphatic carbocycles. The largest absolute Gasteiger partial charge is 0.481 e. The lowest BCUT2D eigenvalue weighted by Gasteiger charge is -2.38. The minimum Gasteiger partial charge on any atom is -0.481 e. The zero-order chi connectivity index (χ0) is 14.2. The van der Waals surface area contributed by atoms with Gasteiger partial charge in [0.15, 0.2) is 0 Å². The molecule has 1 aliphatic rings. The van der Waals surface area contributed by atoms with E-state index in [0.29, 0.717) is 0 Å². The van der Waals surface area contributed by atoms with Crippen molar-refractivity contribution >= 4 is 17.7 Å². The van der Waals surface area contributed by atoms with Crippen LogP contribution in [0.5, 0.6) is 0 Å². The van der Waals surface area contributed by atoms with E-state index in [9.17, 15) is 14.7 Å². The maximum absolute atomic E-state index is 12.3. The van der Waals surface area contributed by atoms with Gasteiger partial charge in [0.25, 0.3) is 0 Å². The number of carbonyl (C=O) groups is 2. The van der Waals surface area contributed by atoms with Crippen LogP contribution in [0.3, 0.4) is 0 Å². The molecule has 1 unspecified atom stereocenters. The average Bonchev–Trinajstić information content (AvgIpc) is 2.33. The van der Waals surface area contributed by atoms with Crippen molar-refractivity contribution in [2.75, 3.05) is 25.0 Å². The summed E-state index contributed by atoms with van der Waals surface area (Å²) in [4.78, 5) is 26.5. The SMILES string of the molecule is Cc1cccc(C)c1N1CC(C(=O)O)CN(C)C1=O. The molecule has 0 bridgehead atoms. The highest BCUT2D eigenvalue weighted by Crippen LogP contribution is 2.28. The first-order chi connectivity index (χ1) is 8.91. The highest BCUT2D eigenvalue weighted by molar-refractivity contribution is 5.95. The third-order valence-corrected chi connectivity index (χ3v) is 3.51. The van der Waals surface area contributed by atoms with Crippen LogP contribution in [-0.2, 0) is 4.79 Å². The molecule has 0 spiro atoms. The van der Waals surface area contributed by atoms with Crippen molar-refractivity contribution in [3.05, 3.63) is 29.3 Å². The second kappa shape index (κ2) is 4.91. The molecule has 5 nitrogen and oxygen atoms in total. The number of hydrogen-bond acceptors (Lipinski definition) is 2. The fraction of sp³-hybridized carbons (Fsp3) is 0.429. The predicted octanol–water partition coefficient (Wildman–Crippen LogP) is 1.88. The van der Waals surface area contributed by atoms with Crippen LogP contribution in [0, 0.1) is 19.8 Å². The Labute approximate surface area is 112 Å². The van der Waals surface area contributed by atoms with E-state index in [-0.39, 0.29) is 19.1 Å². The number of aliphatic carboxylic acids is 1. The molecule has 0 aromatic heterocycles. The fourth-order valence-corrected chi connectivity index (χ4v) is 2.55. The van der Waals surface area contributed by atoms with E-state index < -0.39 is 11.9 Å². The minimum atomic E-state index is -0.865. The summed E-state index contributed by atoms with van der Waals surface area (Å²) in [5, 5.41) is 9.18. The number of amides is 2. The smallest absolute Gasteiger partial charge is 0.324 e. The van der Waals surface area contributed by atoms with E-state index in [1.165, 1.54) is 4.90 Å². The number of nitrogens with zero attached hydrogens (tertiary/aromatic N) is 2. The van der Waals surface area contributed by atoms with Crippen LogP contribution in [0.25, 0.3) is 0 Å². The van der Waals surface area contributed by atoms with Gasteiger partial charge in [-0.1, -0.05) is 18.2 Å². The average molecular weight is 262 g/mol. The van der Waals surface area contributed by atoms with Crippen molar-refractivity contribution in [3.63, 3.8) is 0 Å². The monoisotopic (exact) mass is 262 g/mol. The van der Waals surface area contributed by atoms with Crippen LogP contribution < -0.4 is 4.90 Å². The Kier molecular flexibility index (Phi) is 3.46. The van der Waals surface area contributed by atoms with Gasteiger partial charge in [-0.05, 0) is 25.0 Å². The molecule has 1 atom stereocenters. The van der Waals surface area contributed by atoms with E-state index in [1.54, 1.807) is 11.9 Å². The summed E-state index contributed by atoms with van der Waals surface area (Å²) in [6, 6.07) is 5.65. The van der Waals surface area contributed by atoms with Crippen molar-refractivity contribution in [1.82, 2.24) is 4.90 Å². The Morgan fingerprint density at radius 1 is 1.26 bits per heavy atom. The van der Waals surface area contributed by atoms with Crippen LogP contribution in [0.4, 0.5) is 10.5 Å². The number of rotatable bonds is 2. The molecule has 5 heteroatoms. The molecular formula is C14H18N2O3. The van der Waals surface area contributed by atoms with E-state index in [2.05, 4.69) is 0 Å². The maximum Gasteiger partial charge on any atom is 0.324 e. The fourth-order valence-electron chi connectivity index (χ4n) is 2.55. The minimum absolute atomic E-state index is 0.144. The van der Waals surface area contributed by atoms with Crippen LogP contribution in [0.2, 0.25) is 0 Å². The number of carbonyl (C=O) groups excluding carboxylic acids is 1. The highest BCUT2D eigenvalue weighted by Gasteiger charge is 2.35. The summed E-state index contributed by atoms with van der Waals surface area (Å²) >= 11 is 0. The number of carboxylic acids is 1. The lowest BCUT2D eigenvalue weighted by molar-refractivity contribution is -0.142. The molecule has 1 heterocycles. The molecule has 1 aromatic carbocycles. The zero-order valence-corrected chi connectivity index (χ0v) is 11.4. The molecule has 1 saturated heterocycles.